The van der Waals surface area contributed by atoms with Crippen LogP contribution in [0.3, 0.4) is 0 Å². The summed E-state index contributed by atoms with van der Waals surface area (Å²) in [6.45, 7) is 0.334. The smallest absolute Gasteiger partial charge is 0.493 e. The van der Waals surface area contributed by atoms with Crippen molar-refractivity contribution in [1.82, 2.24) is 0 Å². The highest BCUT2D eigenvalue weighted by Crippen LogP contribution is 2.24. The fourth-order valence-electron chi connectivity index (χ4n) is 1.17. The van der Waals surface area contributed by atoms with Gasteiger partial charge >= 0.3 is 12.3 Å². The maximum Gasteiger partial charge on any atom is 0.573 e. The molecule has 0 saturated heterocycles. The molecule has 0 aromatic heterocycles. The third kappa shape index (κ3) is 7.13. The molecule has 0 saturated carbocycles. The number of hydrogen-bond acceptors (Lipinski definition) is 5. The Morgan fingerprint density at radius 3 is 2.35 bits per heavy atom. The molecule has 0 unspecified atom stereocenters. The molecule has 112 valence electrons. The summed E-state index contributed by atoms with van der Waals surface area (Å²) in [6.07, 6.45) is -4.70. The lowest BCUT2D eigenvalue weighted by Gasteiger charge is -2.10. The highest BCUT2D eigenvalue weighted by molar-refractivity contribution is 7.99. The molecule has 0 amide bonds. The number of esters is 1. The largest absolute Gasteiger partial charge is 0.573 e. The van der Waals surface area contributed by atoms with E-state index in [2.05, 4.69) is 9.47 Å². The molecule has 1 aromatic rings. The van der Waals surface area contributed by atoms with E-state index >= 15 is 0 Å². The molecule has 0 atom stereocenters. The summed E-state index contributed by atoms with van der Waals surface area (Å²) in [6, 6.07) is 5.10. The third-order valence-electron chi connectivity index (χ3n) is 2.00. The van der Waals surface area contributed by atoms with E-state index in [0.717, 1.165) is 0 Å². The van der Waals surface area contributed by atoms with Crippen molar-refractivity contribution in [3.05, 3.63) is 24.3 Å². The van der Waals surface area contributed by atoms with Crippen LogP contribution in [0.4, 0.5) is 13.2 Å². The first-order chi connectivity index (χ1) is 9.40. The van der Waals surface area contributed by atoms with Crippen molar-refractivity contribution in [2.24, 2.45) is 0 Å². The Morgan fingerprint density at radius 2 is 1.80 bits per heavy atom. The maximum atomic E-state index is 11.9. The molecule has 0 aliphatic heterocycles. The molecule has 0 N–H and O–H groups in total. The van der Waals surface area contributed by atoms with Gasteiger partial charge in [0.1, 0.15) is 11.5 Å². The highest BCUT2D eigenvalue weighted by Gasteiger charge is 2.30. The number of hydrogen-bond donors (Lipinski definition) is 0. The first kappa shape index (κ1) is 16.5. The van der Waals surface area contributed by atoms with Gasteiger partial charge in [-0.1, -0.05) is 0 Å². The van der Waals surface area contributed by atoms with E-state index in [0.29, 0.717) is 18.1 Å². The molecular weight excluding hydrogens is 297 g/mol. The summed E-state index contributed by atoms with van der Waals surface area (Å²) in [7, 11) is 1.31. The zero-order chi connectivity index (χ0) is 15.0. The van der Waals surface area contributed by atoms with Crippen molar-refractivity contribution in [3.8, 4) is 11.5 Å². The Hall–Kier alpha value is -1.57. The van der Waals surface area contributed by atoms with Crippen LogP contribution in [0, 0.1) is 0 Å². The van der Waals surface area contributed by atoms with Gasteiger partial charge in [-0.05, 0) is 24.3 Å². The van der Waals surface area contributed by atoms with E-state index in [9.17, 15) is 18.0 Å². The molecule has 0 heterocycles. The van der Waals surface area contributed by atoms with Gasteiger partial charge in [-0.25, -0.2) is 0 Å². The van der Waals surface area contributed by atoms with Crippen molar-refractivity contribution < 1.29 is 32.2 Å². The van der Waals surface area contributed by atoms with Crippen LogP contribution in [-0.4, -0.2) is 37.6 Å². The molecule has 0 aliphatic rings. The Morgan fingerprint density at radius 1 is 1.20 bits per heavy atom. The van der Waals surface area contributed by atoms with Crippen molar-refractivity contribution in [1.29, 1.82) is 0 Å². The number of rotatable bonds is 7. The monoisotopic (exact) mass is 310 g/mol. The van der Waals surface area contributed by atoms with Gasteiger partial charge in [-0.3, -0.25) is 4.79 Å². The summed E-state index contributed by atoms with van der Waals surface area (Å²) >= 11 is 1.34. The topological polar surface area (TPSA) is 44.8 Å². The molecule has 0 aliphatic carbocycles. The van der Waals surface area contributed by atoms with Crippen LogP contribution in [-0.2, 0) is 9.53 Å². The van der Waals surface area contributed by atoms with Crippen LogP contribution in [0.5, 0.6) is 11.5 Å². The molecule has 0 spiro atoms. The average Bonchev–Trinajstić information content (AvgIpc) is 2.38. The quantitative estimate of drug-likeness (QED) is 0.572. The Kier molecular flexibility index (Phi) is 6.50. The van der Waals surface area contributed by atoms with Gasteiger partial charge in [0.25, 0.3) is 0 Å². The standard InChI is InChI=1S/C12H13F3O4S/c1-17-11(16)8-20-7-6-18-9-2-4-10(5-3-9)19-12(13,14)15/h2-5H,6-8H2,1H3. The number of alkyl halides is 3. The predicted molar refractivity (Wildman–Crippen MR) is 68.0 cm³/mol. The lowest BCUT2D eigenvalue weighted by atomic mass is 10.3. The van der Waals surface area contributed by atoms with E-state index in [4.69, 9.17) is 4.74 Å². The maximum absolute atomic E-state index is 11.9. The average molecular weight is 310 g/mol. The van der Waals surface area contributed by atoms with Crippen molar-refractivity contribution in [2.75, 3.05) is 25.2 Å². The Labute approximate surface area is 118 Å². The van der Waals surface area contributed by atoms with Gasteiger partial charge in [0.05, 0.1) is 19.5 Å². The van der Waals surface area contributed by atoms with Crippen LogP contribution in [0.1, 0.15) is 0 Å². The summed E-state index contributed by atoms with van der Waals surface area (Å²) in [5.74, 6) is 0.612. The van der Waals surface area contributed by atoms with E-state index in [1.165, 1.54) is 43.1 Å². The first-order valence-electron chi connectivity index (χ1n) is 5.54. The molecule has 4 nitrogen and oxygen atoms in total. The minimum absolute atomic E-state index is 0.234. The van der Waals surface area contributed by atoms with Crippen molar-refractivity contribution in [2.45, 2.75) is 6.36 Å². The molecule has 20 heavy (non-hydrogen) atoms. The predicted octanol–water partition coefficient (Wildman–Crippen LogP) is 2.87. The molecule has 0 bridgehead atoms. The van der Waals surface area contributed by atoms with Crippen molar-refractivity contribution >= 4 is 17.7 Å². The molecule has 1 aromatic carbocycles. The fourth-order valence-corrected chi connectivity index (χ4v) is 1.80. The molecular formula is C12H13F3O4S. The molecule has 8 heteroatoms. The van der Waals surface area contributed by atoms with E-state index < -0.39 is 6.36 Å². The molecule has 1 rings (SSSR count). The second kappa shape index (κ2) is 7.88. The van der Waals surface area contributed by atoms with E-state index in [1.54, 1.807) is 0 Å². The van der Waals surface area contributed by atoms with E-state index in [1.807, 2.05) is 0 Å². The highest BCUT2D eigenvalue weighted by atomic mass is 32.2. The second-order valence-electron chi connectivity index (χ2n) is 3.50. The third-order valence-corrected chi connectivity index (χ3v) is 2.90. The van der Waals surface area contributed by atoms with Crippen molar-refractivity contribution in [3.63, 3.8) is 0 Å². The lowest BCUT2D eigenvalue weighted by Crippen LogP contribution is -2.17. The van der Waals surface area contributed by atoms with Crippen LogP contribution < -0.4 is 9.47 Å². The van der Waals surface area contributed by atoms with Gasteiger partial charge in [0, 0.05) is 5.75 Å². The molecule has 0 radical (unpaired) electrons. The van der Waals surface area contributed by atoms with Crippen LogP contribution in [0.2, 0.25) is 0 Å². The summed E-state index contributed by atoms with van der Waals surface area (Å²) in [4.78, 5) is 10.8. The zero-order valence-electron chi connectivity index (χ0n) is 10.6. The number of halogens is 3. The fraction of sp³-hybridized carbons (Fsp3) is 0.417. The first-order valence-corrected chi connectivity index (χ1v) is 6.69. The minimum atomic E-state index is -4.70. The van der Waals surface area contributed by atoms with Gasteiger partial charge in [-0.2, -0.15) is 0 Å². The normalized spacial score (nSPS) is 11.0. The molecule has 0 fully saturated rings. The Balaban J connectivity index is 2.26. The number of carbonyl (C=O) groups is 1. The number of thioether (sulfide) groups is 1. The van der Waals surface area contributed by atoms with Crippen LogP contribution in [0.15, 0.2) is 24.3 Å². The lowest BCUT2D eigenvalue weighted by molar-refractivity contribution is -0.274. The SMILES string of the molecule is COC(=O)CSCCOc1ccc(OC(F)(F)F)cc1. The Bertz CT molecular complexity index is 420. The summed E-state index contributed by atoms with van der Waals surface area (Å²) < 4.78 is 49.3. The van der Waals surface area contributed by atoms with Gasteiger partial charge < -0.3 is 14.2 Å². The zero-order valence-corrected chi connectivity index (χ0v) is 11.4. The number of methoxy groups -OCH3 is 1. The second-order valence-corrected chi connectivity index (χ2v) is 4.60. The van der Waals surface area contributed by atoms with Gasteiger partial charge in [-0.15, -0.1) is 24.9 Å². The van der Waals surface area contributed by atoms with Gasteiger partial charge in [0.2, 0.25) is 0 Å². The number of benzene rings is 1. The van der Waals surface area contributed by atoms with Crippen LogP contribution in [0.25, 0.3) is 0 Å². The number of carbonyl (C=O) groups excluding carboxylic acids is 1. The van der Waals surface area contributed by atoms with E-state index in [-0.39, 0.29) is 17.5 Å². The number of ether oxygens (including phenoxy) is 3. The summed E-state index contributed by atoms with van der Waals surface area (Å²) in [5, 5.41) is 0. The summed E-state index contributed by atoms with van der Waals surface area (Å²) in [5.41, 5.74) is 0. The minimum Gasteiger partial charge on any atom is -0.493 e. The van der Waals surface area contributed by atoms with Gasteiger partial charge in [0.15, 0.2) is 0 Å². The van der Waals surface area contributed by atoms with Crippen LogP contribution >= 0.6 is 11.8 Å².